The van der Waals surface area contributed by atoms with Crippen molar-refractivity contribution in [2.75, 3.05) is 20.8 Å². The lowest BCUT2D eigenvalue weighted by Crippen LogP contribution is -2.51. The molecule has 0 radical (unpaired) electrons. The van der Waals surface area contributed by atoms with Gasteiger partial charge in [0.1, 0.15) is 0 Å². The molecule has 0 aromatic heterocycles. The molecule has 3 nitrogen and oxygen atoms in total. The monoisotopic (exact) mass is 258 g/mol. The van der Waals surface area contributed by atoms with E-state index in [1.165, 1.54) is 0 Å². The van der Waals surface area contributed by atoms with Crippen molar-refractivity contribution in [2.24, 2.45) is 11.3 Å². The molecule has 0 aromatic carbocycles. The van der Waals surface area contributed by atoms with Gasteiger partial charge in [0.25, 0.3) is 0 Å². The SMILES string of the molecule is COCCC(C)C(O)C1(OC)CCC(C)(C)CC1. The molecule has 108 valence electrons. The molecule has 0 bridgehead atoms. The van der Waals surface area contributed by atoms with E-state index in [1.807, 2.05) is 0 Å². The Morgan fingerprint density at radius 2 is 1.67 bits per heavy atom. The third-order valence-corrected chi connectivity index (χ3v) is 4.71. The number of hydrogen-bond donors (Lipinski definition) is 1. The highest BCUT2D eigenvalue weighted by molar-refractivity contribution is 4.96. The molecule has 1 aliphatic rings. The predicted molar refractivity (Wildman–Crippen MR) is 73.7 cm³/mol. The van der Waals surface area contributed by atoms with Gasteiger partial charge in [0.2, 0.25) is 0 Å². The molecule has 1 N–H and O–H groups in total. The second kappa shape index (κ2) is 6.36. The summed E-state index contributed by atoms with van der Waals surface area (Å²) in [6, 6.07) is 0. The summed E-state index contributed by atoms with van der Waals surface area (Å²) in [5, 5.41) is 10.6. The normalized spacial score (nSPS) is 25.7. The Morgan fingerprint density at radius 1 is 1.11 bits per heavy atom. The van der Waals surface area contributed by atoms with E-state index >= 15 is 0 Å². The van der Waals surface area contributed by atoms with Crippen LogP contribution in [0.1, 0.15) is 52.9 Å². The minimum absolute atomic E-state index is 0.214. The van der Waals surface area contributed by atoms with Crippen LogP contribution >= 0.6 is 0 Å². The van der Waals surface area contributed by atoms with Gasteiger partial charge in [-0.3, -0.25) is 0 Å². The molecule has 3 heteroatoms. The molecule has 0 heterocycles. The standard InChI is InChI=1S/C15H30O3/c1-12(6-11-17-4)13(16)15(18-5)9-7-14(2,3)8-10-15/h12-13,16H,6-11H2,1-5H3. The molecule has 0 amide bonds. The Balaban J connectivity index is 2.64. The van der Waals surface area contributed by atoms with Crippen molar-refractivity contribution in [3.05, 3.63) is 0 Å². The number of methoxy groups -OCH3 is 2. The van der Waals surface area contributed by atoms with Gasteiger partial charge in [0.05, 0.1) is 11.7 Å². The van der Waals surface area contributed by atoms with Crippen LogP contribution in [0.3, 0.4) is 0 Å². The summed E-state index contributed by atoms with van der Waals surface area (Å²) in [5.74, 6) is 0.214. The topological polar surface area (TPSA) is 38.7 Å². The molecule has 0 aromatic rings. The lowest BCUT2D eigenvalue weighted by molar-refractivity contribution is -0.153. The van der Waals surface area contributed by atoms with E-state index in [4.69, 9.17) is 9.47 Å². The quantitative estimate of drug-likeness (QED) is 0.796. The van der Waals surface area contributed by atoms with E-state index in [0.29, 0.717) is 12.0 Å². The average molecular weight is 258 g/mol. The Morgan fingerprint density at radius 3 is 2.11 bits per heavy atom. The summed E-state index contributed by atoms with van der Waals surface area (Å²) in [5.41, 5.74) is 0.0419. The van der Waals surface area contributed by atoms with E-state index in [1.54, 1.807) is 14.2 Å². The molecule has 18 heavy (non-hydrogen) atoms. The molecule has 0 spiro atoms. The Kier molecular flexibility index (Phi) is 5.63. The van der Waals surface area contributed by atoms with Crippen LogP contribution in [-0.2, 0) is 9.47 Å². The molecule has 0 saturated heterocycles. The Labute approximate surface area is 112 Å². The zero-order chi connectivity index (χ0) is 13.8. The van der Waals surface area contributed by atoms with Crippen LogP contribution < -0.4 is 0 Å². The molecule has 0 aliphatic heterocycles. The van der Waals surface area contributed by atoms with Gasteiger partial charge in [0.15, 0.2) is 0 Å². The van der Waals surface area contributed by atoms with Gasteiger partial charge in [0, 0.05) is 20.8 Å². The highest BCUT2D eigenvalue weighted by atomic mass is 16.5. The van der Waals surface area contributed by atoms with Gasteiger partial charge in [-0.25, -0.2) is 0 Å². The first-order valence-electron chi connectivity index (χ1n) is 7.09. The number of aliphatic hydroxyl groups is 1. The molecule has 2 unspecified atom stereocenters. The zero-order valence-electron chi connectivity index (χ0n) is 12.7. The first kappa shape index (κ1) is 15.9. The van der Waals surface area contributed by atoms with Crippen LogP contribution in [0.25, 0.3) is 0 Å². The van der Waals surface area contributed by atoms with Crippen molar-refractivity contribution in [2.45, 2.75) is 64.6 Å². The average Bonchev–Trinajstić information content (AvgIpc) is 2.36. The van der Waals surface area contributed by atoms with Crippen molar-refractivity contribution in [3.63, 3.8) is 0 Å². The van der Waals surface area contributed by atoms with E-state index in [-0.39, 0.29) is 11.5 Å². The van der Waals surface area contributed by atoms with Crippen LogP contribution in [0, 0.1) is 11.3 Å². The van der Waals surface area contributed by atoms with E-state index in [2.05, 4.69) is 20.8 Å². The van der Waals surface area contributed by atoms with Crippen molar-refractivity contribution < 1.29 is 14.6 Å². The van der Waals surface area contributed by atoms with Crippen LogP contribution in [0.5, 0.6) is 0 Å². The molecule has 1 saturated carbocycles. The summed E-state index contributed by atoms with van der Waals surface area (Å²) in [6.07, 6.45) is 4.63. The Hall–Kier alpha value is -0.120. The highest BCUT2D eigenvalue weighted by Crippen LogP contribution is 2.44. The van der Waals surface area contributed by atoms with E-state index in [9.17, 15) is 5.11 Å². The first-order valence-corrected chi connectivity index (χ1v) is 7.09. The number of ether oxygens (including phenoxy) is 2. The summed E-state index contributed by atoms with van der Waals surface area (Å²) in [4.78, 5) is 0. The minimum atomic E-state index is -0.395. The lowest BCUT2D eigenvalue weighted by atomic mass is 9.67. The third-order valence-electron chi connectivity index (χ3n) is 4.71. The summed E-state index contributed by atoms with van der Waals surface area (Å²) < 4.78 is 10.8. The van der Waals surface area contributed by atoms with E-state index in [0.717, 1.165) is 32.1 Å². The van der Waals surface area contributed by atoms with Crippen LogP contribution in [0.2, 0.25) is 0 Å². The predicted octanol–water partition coefficient (Wildman–Crippen LogP) is 3.01. The third kappa shape index (κ3) is 3.69. The fourth-order valence-corrected chi connectivity index (χ4v) is 2.95. The smallest absolute Gasteiger partial charge is 0.0939 e. The van der Waals surface area contributed by atoms with Gasteiger partial charge >= 0.3 is 0 Å². The largest absolute Gasteiger partial charge is 0.390 e. The van der Waals surface area contributed by atoms with Gasteiger partial charge in [-0.2, -0.15) is 0 Å². The van der Waals surface area contributed by atoms with Crippen LogP contribution in [0.15, 0.2) is 0 Å². The maximum atomic E-state index is 10.6. The summed E-state index contributed by atoms with van der Waals surface area (Å²) in [6.45, 7) is 7.38. The second-order valence-electron chi connectivity index (χ2n) is 6.64. The van der Waals surface area contributed by atoms with Gasteiger partial charge in [-0.05, 0) is 43.4 Å². The van der Waals surface area contributed by atoms with Crippen molar-refractivity contribution in [3.8, 4) is 0 Å². The van der Waals surface area contributed by atoms with Crippen molar-refractivity contribution in [1.82, 2.24) is 0 Å². The van der Waals surface area contributed by atoms with Crippen LogP contribution in [-0.4, -0.2) is 37.6 Å². The molecule has 2 atom stereocenters. The number of rotatable bonds is 6. The van der Waals surface area contributed by atoms with Gasteiger partial charge in [-0.15, -0.1) is 0 Å². The molecule has 1 fully saturated rings. The van der Waals surface area contributed by atoms with Gasteiger partial charge < -0.3 is 14.6 Å². The van der Waals surface area contributed by atoms with Gasteiger partial charge in [-0.1, -0.05) is 20.8 Å². The fraction of sp³-hybridized carbons (Fsp3) is 1.00. The Bertz CT molecular complexity index is 240. The maximum absolute atomic E-state index is 10.6. The second-order valence-corrected chi connectivity index (χ2v) is 6.64. The number of hydrogen-bond acceptors (Lipinski definition) is 3. The van der Waals surface area contributed by atoms with E-state index < -0.39 is 6.10 Å². The molecular weight excluding hydrogens is 228 g/mol. The lowest BCUT2D eigenvalue weighted by Gasteiger charge is -2.46. The summed E-state index contributed by atoms with van der Waals surface area (Å²) in [7, 11) is 3.44. The van der Waals surface area contributed by atoms with Crippen molar-refractivity contribution >= 4 is 0 Å². The maximum Gasteiger partial charge on any atom is 0.0939 e. The van der Waals surface area contributed by atoms with Crippen LogP contribution in [0.4, 0.5) is 0 Å². The van der Waals surface area contributed by atoms with Crippen molar-refractivity contribution in [1.29, 1.82) is 0 Å². The zero-order valence-corrected chi connectivity index (χ0v) is 12.7. The minimum Gasteiger partial charge on any atom is -0.390 e. The molecule has 1 aliphatic carbocycles. The summed E-state index contributed by atoms with van der Waals surface area (Å²) >= 11 is 0. The highest BCUT2D eigenvalue weighted by Gasteiger charge is 2.45. The first-order chi connectivity index (χ1) is 8.37. The molecular formula is C15H30O3. The fourth-order valence-electron chi connectivity index (χ4n) is 2.95. The number of aliphatic hydroxyl groups excluding tert-OH is 1. The molecule has 1 rings (SSSR count).